The normalized spacial score (nSPS) is 40.3. The number of hydrogen-bond donors (Lipinski definition) is 8. The van der Waals surface area contributed by atoms with Crippen LogP contribution in [0.1, 0.15) is 30.3 Å². The second-order valence-electron chi connectivity index (χ2n) is 9.49. The Morgan fingerprint density at radius 2 is 1.31 bits per heavy atom. The molecular weight excluding hydrogens is 480 g/mol. The second-order valence-corrected chi connectivity index (χ2v) is 9.49. The average molecular weight is 508 g/mol. The molecule has 3 fully saturated rings. The minimum absolute atomic E-state index is 0.296. The standard InChI is InChI=1S/C24H28O12/c1-10-17(29)18(30)19(31)22(35-10)36-24-9-34-20(11-2-4-13(25)15(27)6-11)23(24,32)8-33-21(24)12-3-5-14(26)16(28)7-12/h2-7,10,17-22,25-32H,8-9H2,1H3/t10-,17-,18+,19+,20+,21+,22+,23-,24-/m0/s1. The van der Waals surface area contributed by atoms with E-state index in [9.17, 15) is 40.9 Å². The highest BCUT2D eigenvalue weighted by Gasteiger charge is 2.72. The van der Waals surface area contributed by atoms with Gasteiger partial charge >= 0.3 is 0 Å². The Morgan fingerprint density at radius 3 is 1.89 bits per heavy atom. The number of rotatable bonds is 4. The Morgan fingerprint density at radius 1 is 0.750 bits per heavy atom. The monoisotopic (exact) mass is 508 g/mol. The predicted octanol–water partition coefficient (Wildman–Crippen LogP) is -0.334. The molecule has 0 amide bonds. The smallest absolute Gasteiger partial charge is 0.187 e. The lowest BCUT2D eigenvalue weighted by Crippen LogP contribution is -2.63. The van der Waals surface area contributed by atoms with Gasteiger partial charge in [0.25, 0.3) is 0 Å². The van der Waals surface area contributed by atoms with Crippen LogP contribution in [0.3, 0.4) is 0 Å². The zero-order chi connectivity index (χ0) is 26.0. The van der Waals surface area contributed by atoms with Gasteiger partial charge in [0.2, 0.25) is 0 Å². The Bertz CT molecular complexity index is 1140. The summed E-state index contributed by atoms with van der Waals surface area (Å²) in [5, 5.41) is 82.6. The van der Waals surface area contributed by atoms with Gasteiger partial charge in [0.1, 0.15) is 30.5 Å². The van der Waals surface area contributed by atoms with E-state index in [0.29, 0.717) is 11.1 Å². The van der Waals surface area contributed by atoms with E-state index in [1.807, 2.05) is 0 Å². The SMILES string of the molecule is C[C@@H]1O[C@H](O[C@]23CO[C@H](c4ccc(O)c(O)c4)[C@@]2(O)CO[C@@H]3c2ccc(O)c(O)c2)[C@H](O)[C@H](O)[C@H]1O. The first-order valence-corrected chi connectivity index (χ1v) is 11.4. The van der Waals surface area contributed by atoms with Gasteiger partial charge in [-0.2, -0.15) is 0 Å². The molecule has 12 heteroatoms. The fourth-order valence-electron chi connectivity index (χ4n) is 5.20. The van der Waals surface area contributed by atoms with Crippen LogP contribution < -0.4 is 0 Å². The largest absolute Gasteiger partial charge is 0.504 e. The first kappa shape index (κ1) is 25.0. The van der Waals surface area contributed by atoms with Crippen LogP contribution in [0.15, 0.2) is 36.4 Å². The average Bonchev–Trinajstić information content (AvgIpc) is 3.28. The molecule has 196 valence electrons. The van der Waals surface area contributed by atoms with E-state index in [1.54, 1.807) is 0 Å². The van der Waals surface area contributed by atoms with E-state index in [2.05, 4.69) is 0 Å². The number of benzene rings is 2. The lowest BCUT2D eigenvalue weighted by molar-refractivity contribution is -0.336. The molecule has 8 N–H and O–H groups in total. The fraction of sp³-hybridized carbons (Fsp3) is 0.500. The first-order chi connectivity index (χ1) is 17.0. The third kappa shape index (κ3) is 3.61. The minimum Gasteiger partial charge on any atom is -0.504 e. The first-order valence-electron chi connectivity index (χ1n) is 11.4. The van der Waals surface area contributed by atoms with Crippen molar-refractivity contribution in [2.75, 3.05) is 13.2 Å². The molecule has 0 spiro atoms. The van der Waals surface area contributed by atoms with Gasteiger partial charge in [-0.15, -0.1) is 0 Å². The van der Waals surface area contributed by atoms with Gasteiger partial charge in [0.15, 0.2) is 40.5 Å². The van der Waals surface area contributed by atoms with Crippen molar-refractivity contribution < 1.29 is 59.8 Å². The van der Waals surface area contributed by atoms with E-state index in [1.165, 1.54) is 43.3 Å². The molecule has 36 heavy (non-hydrogen) atoms. The molecule has 3 aliphatic rings. The summed E-state index contributed by atoms with van der Waals surface area (Å²) < 4.78 is 23.8. The van der Waals surface area contributed by atoms with E-state index in [-0.39, 0.29) is 24.7 Å². The number of aliphatic hydroxyl groups excluding tert-OH is 3. The topological polar surface area (TPSA) is 199 Å². The number of aliphatic hydroxyl groups is 4. The lowest BCUT2D eigenvalue weighted by Gasteiger charge is -2.45. The molecule has 0 unspecified atom stereocenters. The number of phenolic OH excluding ortho intramolecular Hbond substituents is 4. The zero-order valence-electron chi connectivity index (χ0n) is 19.1. The summed E-state index contributed by atoms with van der Waals surface area (Å²) in [6.07, 6.45) is -9.37. The molecule has 0 saturated carbocycles. The molecule has 2 aromatic rings. The molecule has 3 aliphatic heterocycles. The van der Waals surface area contributed by atoms with Crippen molar-refractivity contribution in [3.63, 3.8) is 0 Å². The summed E-state index contributed by atoms with van der Waals surface area (Å²) >= 11 is 0. The Labute approximate surface area is 205 Å². The van der Waals surface area contributed by atoms with Gasteiger partial charge in [-0.1, -0.05) is 12.1 Å². The van der Waals surface area contributed by atoms with E-state index < -0.39 is 65.6 Å². The van der Waals surface area contributed by atoms with E-state index >= 15 is 0 Å². The molecule has 2 aromatic carbocycles. The number of hydrogen-bond acceptors (Lipinski definition) is 12. The third-order valence-electron chi connectivity index (χ3n) is 7.26. The number of aromatic hydroxyl groups is 4. The van der Waals surface area contributed by atoms with Crippen molar-refractivity contribution >= 4 is 0 Å². The maximum atomic E-state index is 12.0. The molecule has 0 radical (unpaired) electrons. The summed E-state index contributed by atoms with van der Waals surface area (Å²) in [6, 6.07) is 7.82. The summed E-state index contributed by atoms with van der Waals surface area (Å²) in [4.78, 5) is 0. The quantitative estimate of drug-likeness (QED) is 0.251. The van der Waals surface area contributed by atoms with E-state index in [4.69, 9.17) is 18.9 Å². The molecule has 3 heterocycles. The van der Waals surface area contributed by atoms with Crippen molar-refractivity contribution in [3.05, 3.63) is 47.5 Å². The van der Waals surface area contributed by atoms with Crippen LogP contribution in [0.4, 0.5) is 0 Å². The minimum atomic E-state index is -1.96. The maximum absolute atomic E-state index is 12.0. The van der Waals surface area contributed by atoms with Crippen molar-refractivity contribution in [1.29, 1.82) is 0 Å². The number of phenols is 4. The van der Waals surface area contributed by atoms with Crippen LogP contribution in [-0.2, 0) is 18.9 Å². The van der Waals surface area contributed by atoms with Crippen molar-refractivity contribution in [3.8, 4) is 23.0 Å². The van der Waals surface area contributed by atoms with Crippen LogP contribution in [0.25, 0.3) is 0 Å². The van der Waals surface area contributed by atoms with Crippen molar-refractivity contribution in [2.45, 2.75) is 61.0 Å². The molecule has 12 nitrogen and oxygen atoms in total. The van der Waals surface area contributed by atoms with Gasteiger partial charge in [0.05, 0.1) is 19.3 Å². The van der Waals surface area contributed by atoms with Crippen LogP contribution in [0, 0.1) is 0 Å². The summed E-state index contributed by atoms with van der Waals surface area (Å²) in [7, 11) is 0. The van der Waals surface area contributed by atoms with Crippen LogP contribution in [0.2, 0.25) is 0 Å². The van der Waals surface area contributed by atoms with Gasteiger partial charge in [0, 0.05) is 0 Å². The highest BCUT2D eigenvalue weighted by atomic mass is 16.7. The summed E-state index contributed by atoms with van der Waals surface area (Å²) in [5.74, 6) is -1.62. The molecule has 3 saturated heterocycles. The second kappa shape index (κ2) is 8.71. The number of fused-ring (bicyclic) bond motifs is 1. The highest BCUT2D eigenvalue weighted by molar-refractivity contribution is 5.45. The zero-order valence-corrected chi connectivity index (χ0v) is 19.1. The van der Waals surface area contributed by atoms with Gasteiger partial charge in [-0.05, 0) is 42.3 Å². The Kier molecular flexibility index (Phi) is 6.05. The molecule has 0 aromatic heterocycles. The molecule has 0 bridgehead atoms. The van der Waals surface area contributed by atoms with Crippen LogP contribution >= 0.6 is 0 Å². The van der Waals surface area contributed by atoms with Crippen molar-refractivity contribution in [1.82, 2.24) is 0 Å². The number of ether oxygens (including phenoxy) is 4. The predicted molar refractivity (Wildman–Crippen MR) is 118 cm³/mol. The van der Waals surface area contributed by atoms with Gasteiger partial charge < -0.3 is 59.8 Å². The molecule has 5 rings (SSSR count). The van der Waals surface area contributed by atoms with Crippen LogP contribution in [-0.4, -0.2) is 96.0 Å². The maximum Gasteiger partial charge on any atom is 0.187 e. The third-order valence-corrected chi connectivity index (χ3v) is 7.26. The van der Waals surface area contributed by atoms with Crippen molar-refractivity contribution in [2.24, 2.45) is 0 Å². The highest BCUT2D eigenvalue weighted by Crippen LogP contribution is 2.59. The lowest BCUT2D eigenvalue weighted by atomic mass is 9.76. The van der Waals surface area contributed by atoms with E-state index in [0.717, 1.165) is 0 Å². The Balaban J connectivity index is 1.58. The molecule has 0 aliphatic carbocycles. The Hall–Kier alpha value is -2.68. The van der Waals surface area contributed by atoms with Gasteiger partial charge in [-0.25, -0.2) is 0 Å². The fourth-order valence-corrected chi connectivity index (χ4v) is 5.20. The summed E-state index contributed by atoms with van der Waals surface area (Å²) in [6.45, 7) is 0.810. The van der Waals surface area contributed by atoms with Crippen LogP contribution in [0.5, 0.6) is 23.0 Å². The summed E-state index contributed by atoms with van der Waals surface area (Å²) in [5.41, 5.74) is -3.15. The molecular formula is C24H28O12. The molecule has 9 atom stereocenters. The van der Waals surface area contributed by atoms with Gasteiger partial charge in [-0.3, -0.25) is 0 Å².